The van der Waals surface area contributed by atoms with Crippen molar-refractivity contribution in [1.29, 1.82) is 0 Å². The van der Waals surface area contributed by atoms with Crippen LogP contribution in [0.2, 0.25) is 0 Å². The number of aliphatic hydroxyl groups is 1. The van der Waals surface area contributed by atoms with Crippen molar-refractivity contribution in [3.8, 4) is 5.75 Å². The van der Waals surface area contributed by atoms with E-state index in [2.05, 4.69) is 10.6 Å². The molecule has 0 saturated carbocycles. The fourth-order valence-electron chi connectivity index (χ4n) is 3.99. The first kappa shape index (κ1) is 43.5. The number of alkyl carbamates (subject to hydrolysis) is 1. The number of carbonyl (C=O) groups excluding carboxylic acids is 5. The van der Waals surface area contributed by atoms with Gasteiger partial charge in [-0.25, -0.2) is 9.18 Å². The van der Waals surface area contributed by atoms with E-state index in [4.69, 9.17) is 20.3 Å². The van der Waals surface area contributed by atoms with Crippen molar-refractivity contribution in [2.24, 2.45) is 5.73 Å². The lowest BCUT2D eigenvalue weighted by atomic mass is 10.0. The quantitative estimate of drug-likeness (QED) is 0.0712. The molecule has 23 heteroatoms. The number of nitrogens with two attached hydrogens (primary N) is 1. The van der Waals surface area contributed by atoms with Crippen molar-refractivity contribution in [3.05, 3.63) is 24.0 Å². The number of nitrogens with one attached hydrogen (secondary N) is 4. The third-order valence-corrected chi connectivity index (χ3v) is 6.83. The van der Waals surface area contributed by atoms with E-state index in [0.29, 0.717) is 6.92 Å². The Bertz CT molecular complexity index is 1420. The predicted molar refractivity (Wildman–Crippen MR) is 160 cm³/mol. The molecule has 0 aromatic heterocycles. The number of rotatable bonds is 15. The molecule has 4 atom stereocenters. The highest BCUT2D eigenvalue weighted by Gasteiger charge is 2.58. The van der Waals surface area contributed by atoms with Crippen LogP contribution in [0, 0.1) is 5.82 Å². The molecule has 282 valence electrons. The Morgan fingerprint density at radius 1 is 1.06 bits per heavy atom. The summed E-state index contributed by atoms with van der Waals surface area (Å²) in [6, 6.07) is 0.102. The standard InChI is InChI=1S/C27H34F6N6O10.ClH/c1-13-19(38-23(45)25(2,47)22(44)37-12-26(29,30)27(31,32)33)21(43)39(16-11-14(28)3-5-17(16)49-13)9-10-48-24(46)36-8-7-35-20(42)15(34)4-6-18(40)41;/h3,5,11,13,15,19,47H,4,6-10,12,34H2,1-2H3,(H,35,42)(H,36,46)(H,37,44)(H,38,45)(H,40,41);1H/t13-,15+,19+,25+;/m1./s1. The van der Waals surface area contributed by atoms with Gasteiger partial charge in [0, 0.05) is 25.6 Å². The van der Waals surface area contributed by atoms with Crippen LogP contribution in [0.3, 0.4) is 0 Å². The Labute approximate surface area is 285 Å². The molecule has 50 heavy (non-hydrogen) atoms. The van der Waals surface area contributed by atoms with Crippen molar-refractivity contribution >= 4 is 53.8 Å². The van der Waals surface area contributed by atoms with Gasteiger partial charge in [-0.1, -0.05) is 0 Å². The van der Waals surface area contributed by atoms with Gasteiger partial charge in [-0.3, -0.25) is 24.0 Å². The normalized spacial score (nSPS) is 17.7. The van der Waals surface area contributed by atoms with Crippen LogP contribution >= 0.6 is 12.4 Å². The van der Waals surface area contributed by atoms with Crippen molar-refractivity contribution in [3.63, 3.8) is 0 Å². The number of carboxylic acid groups (broad SMARTS) is 1. The van der Waals surface area contributed by atoms with Gasteiger partial charge in [0.2, 0.25) is 11.5 Å². The van der Waals surface area contributed by atoms with E-state index in [-0.39, 0.29) is 49.8 Å². The van der Waals surface area contributed by atoms with Gasteiger partial charge < -0.3 is 51.6 Å². The van der Waals surface area contributed by atoms with Gasteiger partial charge in [0.05, 0.1) is 24.8 Å². The smallest absolute Gasteiger partial charge is 0.455 e. The summed E-state index contributed by atoms with van der Waals surface area (Å²) >= 11 is 0. The van der Waals surface area contributed by atoms with Crippen molar-refractivity contribution < 1.29 is 74.8 Å². The van der Waals surface area contributed by atoms with Gasteiger partial charge in [0.25, 0.3) is 17.7 Å². The Hall–Kier alpha value is -4.57. The van der Waals surface area contributed by atoms with Gasteiger partial charge >= 0.3 is 24.2 Å². The second-order valence-corrected chi connectivity index (χ2v) is 10.7. The summed E-state index contributed by atoms with van der Waals surface area (Å²) in [6.07, 6.45) is -8.83. The SMILES string of the molecule is C[C@H]1Oc2ccc(F)cc2N(CCOC(=O)NCCNC(=O)[C@@H](N)CCC(=O)O)C(=O)[C@H]1NC(=O)[C@@](C)(O)C(=O)NCC(F)(F)C(F)(F)F.Cl. The number of carbonyl (C=O) groups is 6. The van der Waals surface area contributed by atoms with E-state index in [1.807, 2.05) is 5.32 Å². The molecule has 1 aromatic carbocycles. The molecule has 5 amide bonds. The number of anilines is 1. The number of ether oxygens (including phenoxy) is 2. The Balaban J connectivity index is 0.0000125. The van der Waals surface area contributed by atoms with Gasteiger partial charge in [-0.2, -0.15) is 22.0 Å². The maximum atomic E-state index is 14.2. The molecule has 0 unspecified atom stereocenters. The number of benzene rings is 1. The second-order valence-electron chi connectivity index (χ2n) is 10.7. The molecule has 1 aliphatic heterocycles. The van der Waals surface area contributed by atoms with Gasteiger partial charge in [0.15, 0.2) is 0 Å². The summed E-state index contributed by atoms with van der Waals surface area (Å²) in [4.78, 5) is 74.1. The average Bonchev–Trinajstić information content (AvgIpc) is 3.09. The van der Waals surface area contributed by atoms with E-state index in [1.165, 1.54) is 6.92 Å². The Morgan fingerprint density at radius 2 is 1.68 bits per heavy atom. The molecule has 2 rings (SSSR count). The first-order valence-corrected chi connectivity index (χ1v) is 14.3. The molecule has 0 fully saturated rings. The average molecular weight is 753 g/mol. The molecule has 8 N–H and O–H groups in total. The highest BCUT2D eigenvalue weighted by Crippen LogP contribution is 2.35. The fraction of sp³-hybridized carbons (Fsp3) is 0.556. The van der Waals surface area contributed by atoms with Crippen LogP contribution in [0.25, 0.3) is 0 Å². The lowest BCUT2D eigenvalue weighted by Gasteiger charge is -2.29. The maximum Gasteiger partial charge on any atom is 0.455 e. The number of carboxylic acids is 1. The third-order valence-electron chi connectivity index (χ3n) is 6.83. The van der Waals surface area contributed by atoms with E-state index in [1.54, 1.807) is 0 Å². The minimum absolute atomic E-state index is 0. The minimum atomic E-state index is -6.05. The van der Waals surface area contributed by atoms with Crippen LogP contribution in [0.15, 0.2) is 18.2 Å². The fourth-order valence-corrected chi connectivity index (χ4v) is 3.99. The molecule has 0 spiro atoms. The number of halogens is 7. The van der Waals surface area contributed by atoms with Crippen LogP contribution in [-0.4, -0.2) is 115 Å². The Kier molecular flexibility index (Phi) is 15.6. The van der Waals surface area contributed by atoms with Crippen LogP contribution in [0.1, 0.15) is 26.7 Å². The van der Waals surface area contributed by atoms with Gasteiger partial charge in [0.1, 0.15) is 30.3 Å². The van der Waals surface area contributed by atoms with Gasteiger partial charge in [-0.15, -0.1) is 12.4 Å². The zero-order chi connectivity index (χ0) is 37.3. The van der Waals surface area contributed by atoms with Gasteiger partial charge in [-0.05, 0) is 32.4 Å². The number of fused-ring (bicyclic) bond motifs is 1. The molecule has 0 aliphatic carbocycles. The molecule has 0 radical (unpaired) electrons. The van der Waals surface area contributed by atoms with E-state index < -0.39 is 97.1 Å². The molecular formula is C27H35ClF6N6O10. The Morgan fingerprint density at radius 3 is 2.28 bits per heavy atom. The zero-order valence-electron chi connectivity index (χ0n) is 26.3. The monoisotopic (exact) mass is 752 g/mol. The number of hydrogen-bond donors (Lipinski definition) is 7. The number of amides is 5. The van der Waals surface area contributed by atoms with Crippen molar-refractivity contribution in [2.75, 3.05) is 37.7 Å². The number of aliphatic carboxylic acids is 1. The zero-order valence-corrected chi connectivity index (χ0v) is 27.1. The first-order chi connectivity index (χ1) is 22.6. The van der Waals surface area contributed by atoms with Crippen molar-refractivity contribution in [1.82, 2.24) is 21.3 Å². The van der Waals surface area contributed by atoms with Crippen LogP contribution in [0.5, 0.6) is 5.75 Å². The highest BCUT2D eigenvalue weighted by molar-refractivity contribution is 6.10. The number of alkyl halides is 5. The second kappa shape index (κ2) is 17.9. The molecule has 0 saturated heterocycles. The minimum Gasteiger partial charge on any atom is -0.486 e. The van der Waals surface area contributed by atoms with Crippen LogP contribution < -0.4 is 36.6 Å². The number of hydrogen-bond acceptors (Lipinski definition) is 10. The summed E-state index contributed by atoms with van der Waals surface area (Å²) < 4.78 is 88.7. The third kappa shape index (κ3) is 11.8. The molecular weight excluding hydrogens is 718 g/mol. The summed E-state index contributed by atoms with van der Waals surface area (Å²) in [7, 11) is 0. The largest absolute Gasteiger partial charge is 0.486 e. The molecule has 1 aliphatic rings. The molecule has 16 nitrogen and oxygen atoms in total. The summed E-state index contributed by atoms with van der Waals surface area (Å²) in [5.74, 6) is -12.8. The van der Waals surface area contributed by atoms with Crippen molar-refractivity contribution in [2.45, 2.75) is 62.6 Å². The van der Waals surface area contributed by atoms with Crippen LogP contribution in [0.4, 0.5) is 36.8 Å². The lowest BCUT2D eigenvalue weighted by Crippen LogP contribution is -2.63. The van der Waals surface area contributed by atoms with Crippen LogP contribution in [-0.2, 0) is 28.7 Å². The first-order valence-electron chi connectivity index (χ1n) is 14.3. The van der Waals surface area contributed by atoms with E-state index in [0.717, 1.165) is 28.4 Å². The lowest BCUT2D eigenvalue weighted by molar-refractivity contribution is -0.278. The predicted octanol–water partition coefficient (Wildman–Crippen LogP) is -0.0545. The maximum absolute atomic E-state index is 14.2. The molecule has 0 bridgehead atoms. The summed E-state index contributed by atoms with van der Waals surface area (Å²) in [6.45, 7) is -1.90. The van der Waals surface area contributed by atoms with E-state index >= 15 is 0 Å². The molecule has 1 heterocycles. The summed E-state index contributed by atoms with van der Waals surface area (Å²) in [5, 5.41) is 26.8. The highest BCUT2D eigenvalue weighted by atomic mass is 35.5. The topological polar surface area (TPSA) is 239 Å². The summed E-state index contributed by atoms with van der Waals surface area (Å²) in [5.41, 5.74) is 2.09. The molecule has 1 aromatic rings. The number of nitrogens with zero attached hydrogens (tertiary/aromatic N) is 1. The van der Waals surface area contributed by atoms with E-state index in [9.17, 15) is 60.2 Å².